The van der Waals surface area contributed by atoms with Crippen LogP contribution in [-0.4, -0.2) is 11.9 Å². The molecule has 2 aromatic rings. The molecule has 0 unspecified atom stereocenters. The first-order valence-electron chi connectivity index (χ1n) is 7.81. The van der Waals surface area contributed by atoms with Gasteiger partial charge in [0.2, 0.25) is 5.91 Å². The number of nitrogen functional groups attached to an aromatic ring is 1. The lowest BCUT2D eigenvalue weighted by Gasteiger charge is -2.13. The first-order chi connectivity index (χ1) is 11.1. The fourth-order valence-corrected chi connectivity index (χ4v) is 2.59. The van der Waals surface area contributed by atoms with Crippen molar-refractivity contribution in [1.82, 2.24) is 0 Å². The molecule has 4 nitrogen and oxygen atoms in total. The number of nitrogens with one attached hydrogen (secondary N) is 2. The molecule has 2 aromatic carbocycles. The SMILES string of the molecule is Nc1ccccc1CCC(=O)Nc1cc(Cl)ccc1NC1CC1. The number of amides is 1. The van der Waals surface area contributed by atoms with Crippen LogP contribution in [0.1, 0.15) is 24.8 Å². The van der Waals surface area contributed by atoms with Crippen molar-refractivity contribution in [3.05, 3.63) is 53.1 Å². The third-order valence-corrected chi connectivity index (χ3v) is 4.10. The molecule has 1 amide bonds. The van der Waals surface area contributed by atoms with E-state index >= 15 is 0 Å². The summed E-state index contributed by atoms with van der Waals surface area (Å²) in [5.74, 6) is -0.0469. The summed E-state index contributed by atoms with van der Waals surface area (Å²) >= 11 is 6.05. The molecule has 1 aliphatic rings. The number of benzene rings is 2. The third-order valence-electron chi connectivity index (χ3n) is 3.87. The molecular formula is C18H20ClN3O. The summed E-state index contributed by atoms with van der Waals surface area (Å²) in [5.41, 5.74) is 9.27. The van der Waals surface area contributed by atoms with E-state index in [0.717, 1.165) is 22.6 Å². The number of para-hydroxylation sites is 1. The van der Waals surface area contributed by atoms with Gasteiger partial charge in [0.1, 0.15) is 0 Å². The van der Waals surface area contributed by atoms with E-state index in [2.05, 4.69) is 10.6 Å². The Morgan fingerprint density at radius 2 is 1.96 bits per heavy atom. The van der Waals surface area contributed by atoms with E-state index in [1.807, 2.05) is 36.4 Å². The van der Waals surface area contributed by atoms with Crippen molar-refractivity contribution in [3.8, 4) is 0 Å². The number of hydrogen-bond donors (Lipinski definition) is 3. The number of aryl methyl sites for hydroxylation is 1. The number of anilines is 3. The second-order valence-electron chi connectivity index (χ2n) is 5.86. The van der Waals surface area contributed by atoms with Crippen molar-refractivity contribution in [2.45, 2.75) is 31.7 Å². The zero-order valence-electron chi connectivity index (χ0n) is 12.8. The molecule has 0 aliphatic heterocycles. The van der Waals surface area contributed by atoms with Gasteiger partial charge in [-0.2, -0.15) is 0 Å². The molecule has 0 spiro atoms. The standard InChI is InChI=1S/C18H20ClN3O/c19-13-6-9-16(21-14-7-8-14)17(11-13)22-18(23)10-5-12-3-1-2-4-15(12)20/h1-4,6,9,11,14,21H,5,7-8,10,20H2,(H,22,23). The van der Waals surface area contributed by atoms with Crippen molar-refractivity contribution in [1.29, 1.82) is 0 Å². The van der Waals surface area contributed by atoms with Gasteiger partial charge in [0.25, 0.3) is 0 Å². The molecule has 0 bridgehead atoms. The van der Waals surface area contributed by atoms with Crippen LogP contribution in [0.3, 0.4) is 0 Å². The minimum absolute atomic E-state index is 0.0469. The Bertz CT molecular complexity index is 713. The Morgan fingerprint density at radius 3 is 2.70 bits per heavy atom. The normalized spacial score (nSPS) is 13.6. The Kier molecular flexibility index (Phi) is 4.72. The van der Waals surface area contributed by atoms with Gasteiger partial charge in [-0.15, -0.1) is 0 Å². The predicted octanol–water partition coefficient (Wildman–Crippen LogP) is 4.07. The van der Waals surface area contributed by atoms with Gasteiger partial charge in [0.15, 0.2) is 0 Å². The molecular weight excluding hydrogens is 310 g/mol. The zero-order chi connectivity index (χ0) is 16.2. The summed E-state index contributed by atoms with van der Waals surface area (Å²) in [5, 5.41) is 6.96. The Labute approximate surface area is 141 Å². The van der Waals surface area contributed by atoms with Crippen LogP contribution in [0.5, 0.6) is 0 Å². The molecule has 4 N–H and O–H groups in total. The van der Waals surface area contributed by atoms with E-state index in [0.29, 0.717) is 23.9 Å². The summed E-state index contributed by atoms with van der Waals surface area (Å²) in [6, 6.07) is 13.6. The quantitative estimate of drug-likeness (QED) is 0.700. The van der Waals surface area contributed by atoms with Crippen LogP contribution in [0.15, 0.2) is 42.5 Å². The maximum Gasteiger partial charge on any atom is 0.224 e. The summed E-state index contributed by atoms with van der Waals surface area (Å²) in [6.07, 6.45) is 3.33. The van der Waals surface area contributed by atoms with Crippen molar-refractivity contribution in [3.63, 3.8) is 0 Å². The Balaban J connectivity index is 1.63. The van der Waals surface area contributed by atoms with E-state index in [1.54, 1.807) is 6.07 Å². The Hall–Kier alpha value is -2.20. The van der Waals surface area contributed by atoms with Crippen molar-refractivity contribution < 1.29 is 4.79 Å². The highest BCUT2D eigenvalue weighted by molar-refractivity contribution is 6.31. The minimum Gasteiger partial charge on any atom is -0.399 e. The number of halogens is 1. The summed E-state index contributed by atoms with van der Waals surface area (Å²) < 4.78 is 0. The topological polar surface area (TPSA) is 67.2 Å². The number of carbonyl (C=O) groups excluding carboxylic acids is 1. The molecule has 23 heavy (non-hydrogen) atoms. The number of carbonyl (C=O) groups is 1. The molecule has 0 heterocycles. The molecule has 1 fully saturated rings. The van der Waals surface area contributed by atoms with E-state index in [9.17, 15) is 4.79 Å². The molecule has 0 aromatic heterocycles. The van der Waals surface area contributed by atoms with Gasteiger partial charge in [-0.1, -0.05) is 29.8 Å². The van der Waals surface area contributed by atoms with Crippen LogP contribution in [0.25, 0.3) is 0 Å². The van der Waals surface area contributed by atoms with Gasteiger partial charge in [-0.3, -0.25) is 4.79 Å². The fourth-order valence-electron chi connectivity index (χ4n) is 2.42. The lowest BCUT2D eigenvalue weighted by atomic mass is 10.1. The van der Waals surface area contributed by atoms with Gasteiger partial charge in [0, 0.05) is 23.2 Å². The number of hydrogen-bond acceptors (Lipinski definition) is 3. The van der Waals surface area contributed by atoms with Crippen molar-refractivity contribution in [2.75, 3.05) is 16.4 Å². The van der Waals surface area contributed by atoms with E-state index in [-0.39, 0.29) is 5.91 Å². The summed E-state index contributed by atoms with van der Waals surface area (Å²) in [4.78, 5) is 12.2. The first-order valence-corrected chi connectivity index (χ1v) is 8.19. The number of rotatable bonds is 6. The molecule has 0 radical (unpaired) electrons. The van der Waals surface area contributed by atoms with Gasteiger partial charge < -0.3 is 16.4 Å². The molecule has 5 heteroatoms. The van der Waals surface area contributed by atoms with E-state index in [4.69, 9.17) is 17.3 Å². The van der Waals surface area contributed by atoms with Gasteiger partial charge >= 0.3 is 0 Å². The molecule has 0 saturated heterocycles. The molecule has 1 aliphatic carbocycles. The lowest BCUT2D eigenvalue weighted by molar-refractivity contribution is -0.116. The minimum atomic E-state index is -0.0469. The van der Waals surface area contributed by atoms with Crippen molar-refractivity contribution in [2.24, 2.45) is 0 Å². The van der Waals surface area contributed by atoms with Crippen LogP contribution in [-0.2, 0) is 11.2 Å². The lowest BCUT2D eigenvalue weighted by Crippen LogP contribution is -2.15. The highest BCUT2D eigenvalue weighted by Crippen LogP contribution is 2.31. The largest absolute Gasteiger partial charge is 0.399 e. The third kappa shape index (κ3) is 4.39. The van der Waals surface area contributed by atoms with Gasteiger partial charge in [-0.05, 0) is 49.1 Å². The van der Waals surface area contributed by atoms with E-state index in [1.165, 1.54) is 12.8 Å². The average Bonchev–Trinajstić information content (AvgIpc) is 3.33. The molecule has 0 atom stereocenters. The van der Waals surface area contributed by atoms with E-state index < -0.39 is 0 Å². The van der Waals surface area contributed by atoms with Crippen LogP contribution in [0, 0.1) is 0 Å². The second-order valence-corrected chi connectivity index (χ2v) is 6.29. The first kappa shape index (κ1) is 15.7. The van der Waals surface area contributed by atoms with Gasteiger partial charge in [0.05, 0.1) is 11.4 Å². The fraction of sp³-hybridized carbons (Fsp3) is 0.278. The summed E-state index contributed by atoms with van der Waals surface area (Å²) in [7, 11) is 0. The molecule has 120 valence electrons. The van der Waals surface area contributed by atoms with Crippen LogP contribution < -0.4 is 16.4 Å². The van der Waals surface area contributed by atoms with Crippen LogP contribution in [0.2, 0.25) is 5.02 Å². The monoisotopic (exact) mass is 329 g/mol. The highest BCUT2D eigenvalue weighted by atomic mass is 35.5. The van der Waals surface area contributed by atoms with Crippen molar-refractivity contribution >= 4 is 34.6 Å². The smallest absolute Gasteiger partial charge is 0.224 e. The van der Waals surface area contributed by atoms with Crippen LogP contribution >= 0.6 is 11.6 Å². The van der Waals surface area contributed by atoms with Crippen LogP contribution in [0.4, 0.5) is 17.1 Å². The zero-order valence-corrected chi connectivity index (χ0v) is 13.6. The second kappa shape index (κ2) is 6.92. The Morgan fingerprint density at radius 1 is 1.17 bits per heavy atom. The maximum atomic E-state index is 12.2. The molecule has 1 saturated carbocycles. The van der Waals surface area contributed by atoms with Gasteiger partial charge in [-0.25, -0.2) is 0 Å². The molecule has 3 rings (SSSR count). The highest BCUT2D eigenvalue weighted by Gasteiger charge is 2.22. The average molecular weight is 330 g/mol. The maximum absolute atomic E-state index is 12.2. The number of nitrogens with two attached hydrogens (primary N) is 1. The summed E-state index contributed by atoms with van der Waals surface area (Å²) in [6.45, 7) is 0. The predicted molar refractivity (Wildman–Crippen MR) is 95.9 cm³/mol.